The summed E-state index contributed by atoms with van der Waals surface area (Å²) in [6.07, 6.45) is 19.9. The van der Waals surface area contributed by atoms with Gasteiger partial charge in [0.05, 0.1) is 82.8 Å². The number of hydrogen-bond donors (Lipinski definition) is 5. The number of ether oxygens (including phenoxy) is 1. The van der Waals surface area contributed by atoms with Gasteiger partial charge in [-0.2, -0.15) is 0 Å². The van der Waals surface area contributed by atoms with Crippen LogP contribution in [0.4, 0.5) is 4.79 Å². The minimum Gasteiger partial charge on any atom is -0.445 e. The molecule has 3 unspecified atom stereocenters. The molecular weight excluding hydrogens is 1790 g/mol. The SMILES string of the molecule is CCCCCC(NC(=O)[C@@H]1CCCN(C(=O)CCc2ccccc2)C1)C(=O)c1nc2ccccc2s1.CCCCCC(NC(=O)[C@@H]1CCCN(C(=O)CCc2ccccc2)C1)C(=O)c1nc2ccccc2s1.CCCCCC(NC(=O)[C@H]1CCCN(C(=O)CCc2ccccc2)C1)C(=O)c1nc2ccccc2s1.NCCCC[C@H](NC(=O)OCc1ccccc1)C(=O)c1nc2ccccc2s1. The summed E-state index contributed by atoms with van der Waals surface area (Å²) in [5.74, 6) is -1.58. The van der Waals surface area contributed by atoms with Crippen LogP contribution in [0.5, 0.6) is 0 Å². The zero-order chi connectivity index (χ0) is 95.8. The Kier molecular flexibility index (Phi) is 41.4. The summed E-state index contributed by atoms with van der Waals surface area (Å²) in [5, 5.41) is 13.6. The fourth-order valence-electron chi connectivity index (χ4n) is 17.1. The lowest BCUT2D eigenvalue weighted by molar-refractivity contribution is -0.137. The molecule has 7 amide bonds. The largest absolute Gasteiger partial charge is 0.445 e. The molecule has 0 spiro atoms. The van der Waals surface area contributed by atoms with Gasteiger partial charge < -0.3 is 46.4 Å². The van der Waals surface area contributed by atoms with Gasteiger partial charge in [-0.1, -0.05) is 248 Å². The van der Waals surface area contributed by atoms with Crippen molar-refractivity contribution in [3.8, 4) is 0 Å². The standard InChI is InChI=1S/3C29H35N3O3S.C21H23N3O3S/c3*1-2-3-5-15-24(27(34)29-31-23-14-8-9-16-25(23)36-29)30-28(35)22-13-10-19-32(20-22)26(33)18-17-21-11-6-4-7-12-21;22-13-7-6-11-17(24-21(26)27-14-15-8-2-1-3-9-15)19(25)20-23-16-10-4-5-12-18(16)28-20/h3*4,6-9,11-12,14,16,22,24H,2-3,5,10,13,15,17-20H2,1H3,(H,30,35);1-5,8-10,12,17H,6-7,11,13-14,22H2,(H,24,26)/t3*22-,24?;17-/m1100/s1. The van der Waals surface area contributed by atoms with Crippen molar-refractivity contribution in [2.45, 2.75) is 225 Å². The van der Waals surface area contributed by atoms with Crippen LogP contribution < -0.4 is 27.0 Å². The number of thiazole rings is 4. The number of aryl methyl sites for hydroxylation is 3. The fourth-order valence-corrected chi connectivity index (χ4v) is 20.9. The number of unbranched alkanes of at least 4 members (excludes halogenated alkanes) is 7. The molecule has 6 N–H and O–H groups in total. The third-order valence-corrected chi connectivity index (χ3v) is 29.0. The van der Waals surface area contributed by atoms with Gasteiger partial charge in [0.2, 0.25) is 58.6 Å². The number of benzene rings is 8. The average Bonchev–Trinajstić information content (AvgIpc) is 1.69. The van der Waals surface area contributed by atoms with Crippen molar-refractivity contribution in [1.29, 1.82) is 0 Å². The quantitative estimate of drug-likeness (QED) is 0.0175. The van der Waals surface area contributed by atoms with Gasteiger partial charge in [-0.25, -0.2) is 24.7 Å². The topological polar surface area (TPSA) is 332 Å². The van der Waals surface area contributed by atoms with E-state index in [1.807, 2.05) is 233 Å². The number of nitrogens with zero attached hydrogens (tertiary/aromatic N) is 7. The smallest absolute Gasteiger partial charge is 0.408 e. The highest BCUT2D eigenvalue weighted by molar-refractivity contribution is 7.21. The van der Waals surface area contributed by atoms with Gasteiger partial charge >= 0.3 is 6.09 Å². The van der Waals surface area contributed by atoms with Crippen molar-refractivity contribution >= 4 is 151 Å². The lowest BCUT2D eigenvalue weighted by Gasteiger charge is -2.33. The second kappa shape index (κ2) is 54.7. The first-order valence-electron chi connectivity index (χ1n) is 48.4. The number of aromatic nitrogens is 4. The zero-order valence-corrected chi connectivity index (χ0v) is 81.6. The molecule has 3 aliphatic heterocycles. The monoisotopic (exact) mass is 1910 g/mol. The number of Topliss-reactive ketones (excluding diaryl/α,β-unsaturated/α-hetero) is 4. The van der Waals surface area contributed by atoms with E-state index in [0.717, 1.165) is 172 Å². The van der Waals surface area contributed by atoms with Crippen LogP contribution in [0.25, 0.3) is 40.9 Å². The summed E-state index contributed by atoms with van der Waals surface area (Å²) in [4.78, 5) is 167. The van der Waals surface area contributed by atoms with E-state index in [9.17, 15) is 52.7 Å². The molecule has 3 saturated heterocycles. The van der Waals surface area contributed by atoms with Gasteiger partial charge in [0.25, 0.3) is 0 Å². The maximum absolute atomic E-state index is 13.4. The molecule has 0 radical (unpaired) electrons. The maximum atomic E-state index is 13.4. The number of likely N-dealkylation sites (tertiary alicyclic amines) is 3. The van der Waals surface area contributed by atoms with E-state index in [1.165, 1.54) is 45.3 Å². The van der Waals surface area contributed by atoms with Crippen LogP contribution >= 0.6 is 45.3 Å². The van der Waals surface area contributed by atoms with Crippen molar-refractivity contribution < 1.29 is 57.5 Å². The first-order valence-corrected chi connectivity index (χ1v) is 51.7. The normalized spacial score (nSPS) is 15.6. The molecule has 3 aliphatic rings. The van der Waals surface area contributed by atoms with Gasteiger partial charge in [-0.3, -0.25) is 47.9 Å². The molecule has 24 nitrogen and oxygen atoms in total. The van der Waals surface area contributed by atoms with Crippen LogP contribution in [-0.2, 0) is 59.4 Å². The third-order valence-electron chi connectivity index (χ3n) is 24.8. The summed E-state index contributed by atoms with van der Waals surface area (Å²) in [6, 6.07) is 67.6. The van der Waals surface area contributed by atoms with E-state index in [0.29, 0.717) is 130 Å². The van der Waals surface area contributed by atoms with E-state index in [1.54, 1.807) is 0 Å². The van der Waals surface area contributed by atoms with Gasteiger partial charge in [-0.05, 0) is 174 Å². The number of hydrogen-bond acceptors (Lipinski definition) is 21. The summed E-state index contributed by atoms with van der Waals surface area (Å²) in [7, 11) is 0. The Morgan fingerprint density at radius 3 is 0.868 bits per heavy atom. The van der Waals surface area contributed by atoms with E-state index in [4.69, 9.17) is 10.5 Å². The number of nitrogens with one attached hydrogen (secondary N) is 4. The number of para-hydroxylation sites is 4. The minimum absolute atomic E-state index is 0.0846. The Morgan fingerprint density at radius 1 is 0.338 bits per heavy atom. The number of nitrogens with two attached hydrogens (primary N) is 1. The Bertz CT molecular complexity index is 5300. The first kappa shape index (κ1) is 103. The van der Waals surface area contributed by atoms with E-state index >= 15 is 0 Å². The third kappa shape index (κ3) is 31.6. The molecule has 15 rings (SSSR count). The number of alkyl carbamates (subject to hydrolysis) is 1. The molecule has 4 aromatic heterocycles. The van der Waals surface area contributed by atoms with E-state index in [-0.39, 0.29) is 82.9 Å². The van der Waals surface area contributed by atoms with Crippen LogP contribution in [0.1, 0.15) is 236 Å². The van der Waals surface area contributed by atoms with Crippen LogP contribution in [0, 0.1) is 17.8 Å². The van der Waals surface area contributed by atoms with Crippen molar-refractivity contribution in [2.75, 3.05) is 45.8 Å². The molecule has 0 bridgehead atoms. The number of piperidine rings is 3. The van der Waals surface area contributed by atoms with Gasteiger partial charge in [-0.15, -0.1) is 45.3 Å². The molecule has 7 atom stereocenters. The second-order valence-electron chi connectivity index (χ2n) is 35.1. The molecule has 8 aromatic carbocycles. The Morgan fingerprint density at radius 2 is 0.596 bits per heavy atom. The molecule has 0 aliphatic carbocycles. The van der Waals surface area contributed by atoms with Crippen molar-refractivity contribution in [1.82, 2.24) is 55.9 Å². The maximum Gasteiger partial charge on any atom is 0.408 e. The average molecular weight is 1910 g/mol. The zero-order valence-electron chi connectivity index (χ0n) is 78.3. The summed E-state index contributed by atoms with van der Waals surface area (Å²) in [5.41, 5.74) is 13.1. The van der Waals surface area contributed by atoms with Crippen LogP contribution in [0.3, 0.4) is 0 Å². The number of rotatable bonds is 42. The molecule has 136 heavy (non-hydrogen) atoms. The van der Waals surface area contributed by atoms with Crippen LogP contribution in [0.15, 0.2) is 218 Å². The summed E-state index contributed by atoms with van der Waals surface area (Å²) < 4.78 is 9.12. The molecule has 0 saturated carbocycles. The summed E-state index contributed by atoms with van der Waals surface area (Å²) >= 11 is 5.47. The lowest BCUT2D eigenvalue weighted by atomic mass is 9.95. The lowest BCUT2D eigenvalue weighted by Crippen LogP contribution is -2.49. The number of carbonyl (C=O) groups excluding carboxylic acids is 11. The minimum atomic E-state index is -0.685. The highest BCUT2D eigenvalue weighted by atomic mass is 32.1. The molecular formula is C108H128N12O12S4. The molecule has 3 fully saturated rings. The van der Waals surface area contributed by atoms with E-state index < -0.39 is 30.3 Å². The van der Waals surface area contributed by atoms with Crippen LogP contribution in [0.2, 0.25) is 0 Å². The van der Waals surface area contributed by atoms with Gasteiger partial charge in [0.1, 0.15) is 6.61 Å². The first-order chi connectivity index (χ1) is 66.3. The van der Waals surface area contributed by atoms with Crippen molar-refractivity contribution in [3.63, 3.8) is 0 Å². The predicted octanol–water partition coefficient (Wildman–Crippen LogP) is 20.1. The summed E-state index contributed by atoms with van der Waals surface area (Å²) in [6.45, 7) is 10.3. The van der Waals surface area contributed by atoms with Crippen LogP contribution in [-0.4, -0.2) is 169 Å². The number of amides is 7. The Labute approximate surface area is 813 Å². The Balaban J connectivity index is 0.000000164. The predicted molar refractivity (Wildman–Crippen MR) is 543 cm³/mol. The fraction of sp³-hybridized carbons (Fsp3) is 0.417. The Hall–Kier alpha value is -12.0. The highest BCUT2D eigenvalue weighted by Gasteiger charge is 2.37. The highest BCUT2D eigenvalue weighted by Crippen LogP contribution is 2.31. The number of carbonyl (C=O) groups is 11. The van der Waals surface area contributed by atoms with Gasteiger partial charge in [0, 0.05) is 58.5 Å². The molecule has 12 aromatic rings. The number of fused-ring (bicyclic) bond motifs is 4. The van der Waals surface area contributed by atoms with E-state index in [2.05, 4.69) is 62.0 Å². The molecule has 28 heteroatoms. The second-order valence-corrected chi connectivity index (χ2v) is 39.2. The van der Waals surface area contributed by atoms with Gasteiger partial charge in [0.15, 0.2) is 20.0 Å². The molecule has 7 heterocycles. The van der Waals surface area contributed by atoms with Crippen molar-refractivity contribution in [2.24, 2.45) is 23.5 Å². The molecule has 716 valence electrons. The number of ketones is 4. The van der Waals surface area contributed by atoms with Crippen molar-refractivity contribution in [3.05, 3.63) is 261 Å².